The second-order valence-electron chi connectivity index (χ2n) is 8.48. The fraction of sp³-hybridized carbons (Fsp3) is 0.148. The lowest BCUT2D eigenvalue weighted by molar-refractivity contribution is -0.384. The van der Waals surface area contributed by atoms with Gasteiger partial charge in [-0.2, -0.15) is 0 Å². The summed E-state index contributed by atoms with van der Waals surface area (Å²) in [5, 5.41) is 11.7. The maximum Gasteiger partial charge on any atom is 0.338 e. The topological polar surface area (TPSA) is 117 Å². The maximum absolute atomic E-state index is 13.7. The third-order valence-corrected chi connectivity index (χ3v) is 7.74. The Bertz CT molecular complexity index is 1840. The van der Waals surface area contributed by atoms with Crippen molar-refractivity contribution in [2.45, 2.75) is 19.9 Å². The Labute approximate surface area is 235 Å². The number of carbonyl (C=O) groups is 1. The van der Waals surface area contributed by atoms with Crippen molar-refractivity contribution >= 4 is 52.3 Å². The number of halogens is 2. The molecule has 0 radical (unpaired) electrons. The normalized spacial score (nSPS) is 15.2. The van der Waals surface area contributed by atoms with Gasteiger partial charge in [0.15, 0.2) is 4.80 Å². The summed E-state index contributed by atoms with van der Waals surface area (Å²) in [7, 11) is 0. The number of ether oxygens (including phenoxy) is 1. The van der Waals surface area contributed by atoms with Gasteiger partial charge in [0, 0.05) is 17.7 Å². The van der Waals surface area contributed by atoms with Crippen LogP contribution in [0.2, 0.25) is 10.0 Å². The SMILES string of the molecule is CCOC(=O)C1=C(C)N=c2s/c(=C\c3ccc([N+](=O)[O-])cc3)c(=O)n2[C@@H]1c1ccc(-c2ccc(Cl)c(Cl)c2)o1. The Kier molecular flexibility index (Phi) is 7.26. The Morgan fingerprint density at radius 3 is 2.59 bits per heavy atom. The lowest BCUT2D eigenvalue weighted by Crippen LogP contribution is -2.39. The predicted octanol–water partition coefficient (Wildman–Crippen LogP) is 5.27. The average molecular weight is 584 g/mol. The molecule has 1 atom stereocenters. The van der Waals surface area contributed by atoms with E-state index in [4.69, 9.17) is 32.4 Å². The van der Waals surface area contributed by atoms with Gasteiger partial charge in [0.2, 0.25) is 0 Å². The largest absolute Gasteiger partial charge is 0.463 e. The highest BCUT2D eigenvalue weighted by Crippen LogP contribution is 2.35. The Hall–Kier alpha value is -3.99. The van der Waals surface area contributed by atoms with E-state index in [0.29, 0.717) is 47.7 Å². The number of fused-ring (bicyclic) bond motifs is 1. The number of non-ortho nitro benzene ring substituents is 1. The van der Waals surface area contributed by atoms with Gasteiger partial charge in [-0.15, -0.1) is 0 Å². The zero-order valence-corrected chi connectivity index (χ0v) is 22.8. The smallest absolute Gasteiger partial charge is 0.338 e. The summed E-state index contributed by atoms with van der Waals surface area (Å²) in [6, 6.07) is 13.4. The minimum Gasteiger partial charge on any atom is -0.463 e. The fourth-order valence-electron chi connectivity index (χ4n) is 4.21. The molecular weight excluding hydrogens is 565 g/mol. The van der Waals surface area contributed by atoms with Crippen LogP contribution in [0.15, 0.2) is 80.1 Å². The van der Waals surface area contributed by atoms with Gasteiger partial charge < -0.3 is 9.15 Å². The molecule has 9 nitrogen and oxygen atoms in total. The third-order valence-electron chi connectivity index (χ3n) is 6.02. The quantitative estimate of drug-likeness (QED) is 0.173. The van der Waals surface area contributed by atoms with Crippen LogP contribution >= 0.6 is 34.5 Å². The highest BCUT2D eigenvalue weighted by Gasteiger charge is 2.35. The number of thiazole rings is 1. The van der Waals surface area contributed by atoms with E-state index in [9.17, 15) is 19.7 Å². The van der Waals surface area contributed by atoms with Crippen LogP contribution in [-0.4, -0.2) is 22.1 Å². The van der Waals surface area contributed by atoms with Crippen LogP contribution in [0.3, 0.4) is 0 Å². The molecule has 4 aromatic rings. The van der Waals surface area contributed by atoms with Gasteiger partial charge in [0.25, 0.3) is 11.2 Å². The van der Waals surface area contributed by atoms with E-state index < -0.39 is 22.5 Å². The molecule has 0 fully saturated rings. The molecule has 12 heteroatoms. The van der Waals surface area contributed by atoms with Gasteiger partial charge in [-0.05, 0) is 68.0 Å². The number of nitrogens with zero attached hydrogens (tertiary/aromatic N) is 3. The molecule has 0 saturated carbocycles. The lowest BCUT2D eigenvalue weighted by atomic mass is 10.0. The molecule has 0 amide bonds. The zero-order chi connectivity index (χ0) is 27.8. The van der Waals surface area contributed by atoms with Crippen LogP contribution in [0.25, 0.3) is 17.4 Å². The van der Waals surface area contributed by atoms with Gasteiger partial charge in [0.05, 0.1) is 37.4 Å². The van der Waals surface area contributed by atoms with E-state index in [2.05, 4.69) is 4.99 Å². The number of carbonyl (C=O) groups excluding carboxylic acids is 1. The lowest BCUT2D eigenvalue weighted by Gasteiger charge is -2.22. The molecule has 5 rings (SSSR count). The number of allylic oxidation sites excluding steroid dienone is 1. The summed E-state index contributed by atoms with van der Waals surface area (Å²) in [4.78, 5) is 42.2. The van der Waals surface area contributed by atoms with Crippen LogP contribution in [0.4, 0.5) is 5.69 Å². The van der Waals surface area contributed by atoms with Crippen LogP contribution < -0.4 is 14.9 Å². The summed E-state index contributed by atoms with van der Waals surface area (Å²) in [6.07, 6.45) is 1.62. The second-order valence-corrected chi connectivity index (χ2v) is 10.3. The van der Waals surface area contributed by atoms with Gasteiger partial charge in [-0.3, -0.25) is 19.5 Å². The van der Waals surface area contributed by atoms with Gasteiger partial charge in [0.1, 0.15) is 17.6 Å². The van der Waals surface area contributed by atoms with Crippen molar-refractivity contribution in [3.05, 3.63) is 117 Å². The summed E-state index contributed by atoms with van der Waals surface area (Å²) in [5.74, 6) is 0.187. The number of esters is 1. The Morgan fingerprint density at radius 1 is 1.18 bits per heavy atom. The minimum atomic E-state index is -0.934. The third kappa shape index (κ3) is 5.06. The molecule has 198 valence electrons. The minimum absolute atomic E-state index is 0.0566. The molecule has 0 N–H and O–H groups in total. The number of benzene rings is 2. The van der Waals surface area contributed by atoms with Crippen LogP contribution in [0, 0.1) is 10.1 Å². The van der Waals surface area contributed by atoms with Crippen molar-refractivity contribution in [2.24, 2.45) is 4.99 Å². The highest BCUT2D eigenvalue weighted by molar-refractivity contribution is 7.07. The molecule has 0 unspecified atom stereocenters. The first kappa shape index (κ1) is 26.6. The molecule has 3 heterocycles. The number of aromatic nitrogens is 1. The zero-order valence-electron chi connectivity index (χ0n) is 20.5. The van der Waals surface area contributed by atoms with Crippen molar-refractivity contribution in [1.82, 2.24) is 4.57 Å². The van der Waals surface area contributed by atoms with Crippen molar-refractivity contribution < 1.29 is 18.9 Å². The second kappa shape index (κ2) is 10.6. The summed E-state index contributed by atoms with van der Waals surface area (Å²) in [5.41, 5.74) is 1.39. The Balaban J connectivity index is 1.66. The predicted molar refractivity (Wildman–Crippen MR) is 148 cm³/mol. The van der Waals surface area contributed by atoms with Gasteiger partial charge in [-0.25, -0.2) is 9.79 Å². The van der Waals surface area contributed by atoms with E-state index in [1.54, 1.807) is 62.4 Å². The number of rotatable bonds is 6. The summed E-state index contributed by atoms with van der Waals surface area (Å²) in [6.45, 7) is 3.51. The molecule has 0 spiro atoms. The molecule has 1 aliphatic rings. The van der Waals surface area contributed by atoms with Crippen LogP contribution in [0.5, 0.6) is 0 Å². The van der Waals surface area contributed by atoms with Crippen molar-refractivity contribution in [3.63, 3.8) is 0 Å². The van der Waals surface area contributed by atoms with Crippen molar-refractivity contribution in [2.75, 3.05) is 6.61 Å². The first-order valence-electron chi connectivity index (χ1n) is 11.7. The number of hydrogen-bond acceptors (Lipinski definition) is 8. The summed E-state index contributed by atoms with van der Waals surface area (Å²) < 4.78 is 13.2. The van der Waals surface area contributed by atoms with E-state index in [0.717, 1.165) is 11.3 Å². The molecule has 2 aromatic carbocycles. The Morgan fingerprint density at radius 2 is 1.92 bits per heavy atom. The first-order valence-corrected chi connectivity index (χ1v) is 13.2. The standard InChI is InChI=1S/C27H19Cl2N3O6S/c1-3-37-26(34)23-14(2)30-27-31(25(33)22(39-27)12-15-4-7-17(8-5-15)32(35)36)24(23)21-11-10-20(38-21)16-6-9-18(28)19(29)13-16/h4-13,24H,3H2,1-2H3/b22-12-/t24-/m1/s1. The highest BCUT2D eigenvalue weighted by atomic mass is 35.5. The van der Waals surface area contributed by atoms with E-state index >= 15 is 0 Å². The van der Waals surface area contributed by atoms with Crippen molar-refractivity contribution in [3.8, 4) is 11.3 Å². The average Bonchev–Trinajstić information content (AvgIpc) is 3.50. The molecule has 0 bridgehead atoms. The van der Waals surface area contributed by atoms with Gasteiger partial charge in [-0.1, -0.05) is 34.5 Å². The van der Waals surface area contributed by atoms with E-state index in [1.165, 1.54) is 16.7 Å². The first-order chi connectivity index (χ1) is 18.7. The summed E-state index contributed by atoms with van der Waals surface area (Å²) >= 11 is 13.4. The number of nitro benzene ring substituents is 1. The van der Waals surface area contributed by atoms with E-state index in [-0.39, 0.29) is 17.9 Å². The van der Waals surface area contributed by atoms with E-state index in [1.807, 2.05) is 0 Å². The number of hydrogen-bond donors (Lipinski definition) is 0. The molecule has 39 heavy (non-hydrogen) atoms. The monoisotopic (exact) mass is 583 g/mol. The number of nitro groups is 1. The molecule has 2 aromatic heterocycles. The fourth-order valence-corrected chi connectivity index (χ4v) is 5.55. The van der Waals surface area contributed by atoms with Crippen LogP contribution in [-0.2, 0) is 9.53 Å². The molecule has 1 aliphatic heterocycles. The van der Waals surface area contributed by atoms with Crippen LogP contribution in [0.1, 0.15) is 31.2 Å². The molecule has 0 saturated heterocycles. The number of furan rings is 1. The van der Waals surface area contributed by atoms with Crippen molar-refractivity contribution in [1.29, 1.82) is 0 Å². The maximum atomic E-state index is 13.7. The molecule has 0 aliphatic carbocycles. The van der Waals surface area contributed by atoms with Gasteiger partial charge >= 0.3 is 5.97 Å². The molecular formula is C27H19Cl2N3O6S.